The number of hydrogen-bond donors (Lipinski definition) is 2. The molecule has 0 bridgehead atoms. The number of hydrogen-bond acceptors (Lipinski definition) is 6. The first-order valence-corrected chi connectivity index (χ1v) is 9.41. The number of benzene rings is 1. The average Bonchev–Trinajstić information content (AvgIpc) is 3.14. The Morgan fingerprint density at radius 1 is 1.24 bits per heavy atom. The van der Waals surface area contributed by atoms with Gasteiger partial charge in [-0.05, 0) is 35.9 Å². The minimum absolute atomic E-state index is 0.142. The van der Waals surface area contributed by atoms with E-state index < -0.39 is 29.9 Å². The number of anilines is 1. The van der Waals surface area contributed by atoms with Crippen LogP contribution >= 0.6 is 11.6 Å². The van der Waals surface area contributed by atoms with E-state index in [1.54, 1.807) is 47.6 Å². The van der Waals surface area contributed by atoms with E-state index in [1.807, 2.05) is 0 Å². The summed E-state index contributed by atoms with van der Waals surface area (Å²) in [6.07, 6.45) is 3.78. The Labute approximate surface area is 172 Å². The third-order valence-corrected chi connectivity index (χ3v) is 5.19. The van der Waals surface area contributed by atoms with Gasteiger partial charge in [0.2, 0.25) is 5.91 Å². The number of aliphatic hydroxyl groups is 1. The highest BCUT2D eigenvalue weighted by molar-refractivity contribution is 6.30. The number of nitrogens with two attached hydrogens (primary N) is 1. The molecule has 2 amide bonds. The van der Waals surface area contributed by atoms with Gasteiger partial charge in [0.15, 0.2) is 0 Å². The zero-order chi connectivity index (χ0) is 20.5. The van der Waals surface area contributed by atoms with Crippen LogP contribution in [0.3, 0.4) is 0 Å². The third kappa shape index (κ3) is 3.57. The Balaban J connectivity index is 1.91. The van der Waals surface area contributed by atoms with E-state index in [9.17, 15) is 14.7 Å². The van der Waals surface area contributed by atoms with Gasteiger partial charge in [-0.15, -0.1) is 0 Å². The maximum absolute atomic E-state index is 13.2. The van der Waals surface area contributed by atoms with Gasteiger partial charge in [0.05, 0.1) is 30.8 Å². The van der Waals surface area contributed by atoms with Crippen LogP contribution in [0.2, 0.25) is 5.02 Å². The average molecular weight is 415 g/mol. The van der Waals surface area contributed by atoms with Crippen LogP contribution in [-0.2, 0) is 14.3 Å². The number of carbonyl (C=O) groups excluding carboxylic acids is 2. The number of hydrazine groups is 1. The number of rotatable bonds is 4. The van der Waals surface area contributed by atoms with Crippen LogP contribution in [0.15, 0.2) is 54.9 Å². The molecule has 4 rings (SSSR count). The molecule has 1 aromatic carbocycles. The molecule has 29 heavy (non-hydrogen) atoms. The highest BCUT2D eigenvalue weighted by atomic mass is 35.5. The summed E-state index contributed by atoms with van der Waals surface area (Å²) < 4.78 is 5.43. The Morgan fingerprint density at radius 2 is 2.00 bits per heavy atom. The predicted octanol–water partition coefficient (Wildman–Crippen LogP) is 1.20. The van der Waals surface area contributed by atoms with Crippen molar-refractivity contribution >= 4 is 34.8 Å². The number of aliphatic hydroxyl groups excluding tert-OH is 1. The SMILES string of the molecule is NC(=O)C1C=C(c2ccc(Cl)cc2)N([C@@H]2COC[C@@H]2O)N(c2cccnc2)C1=O. The Morgan fingerprint density at radius 3 is 2.59 bits per heavy atom. The Hall–Kier alpha value is -2.94. The van der Waals surface area contributed by atoms with Crippen LogP contribution in [0, 0.1) is 5.92 Å². The summed E-state index contributed by atoms with van der Waals surface area (Å²) in [4.78, 5) is 29.4. The third-order valence-electron chi connectivity index (χ3n) is 4.93. The molecule has 3 atom stereocenters. The quantitative estimate of drug-likeness (QED) is 0.728. The van der Waals surface area contributed by atoms with Crippen LogP contribution in [0.25, 0.3) is 5.70 Å². The van der Waals surface area contributed by atoms with E-state index in [1.165, 1.54) is 17.3 Å². The first-order chi connectivity index (χ1) is 14.0. The molecule has 8 nitrogen and oxygen atoms in total. The number of halogens is 1. The van der Waals surface area contributed by atoms with Crippen LogP contribution in [0.5, 0.6) is 0 Å². The van der Waals surface area contributed by atoms with Crippen molar-refractivity contribution in [3.05, 3.63) is 65.5 Å². The minimum Gasteiger partial charge on any atom is -0.388 e. The molecule has 1 saturated heterocycles. The van der Waals surface area contributed by atoms with Crippen LogP contribution in [0.4, 0.5) is 5.69 Å². The van der Waals surface area contributed by atoms with E-state index in [0.717, 1.165) is 0 Å². The summed E-state index contributed by atoms with van der Waals surface area (Å²) in [5, 5.41) is 14.1. The molecular formula is C20H19ClN4O4. The molecule has 3 N–H and O–H groups in total. The van der Waals surface area contributed by atoms with Gasteiger partial charge in [-0.3, -0.25) is 19.6 Å². The smallest absolute Gasteiger partial charge is 0.262 e. The van der Waals surface area contributed by atoms with Crippen LogP contribution in [-0.4, -0.2) is 52.3 Å². The molecule has 0 saturated carbocycles. The highest BCUT2D eigenvalue weighted by Crippen LogP contribution is 2.36. The van der Waals surface area contributed by atoms with Gasteiger partial charge in [0, 0.05) is 11.2 Å². The summed E-state index contributed by atoms with van der Waals surface area (Å²) in [6, 6.07) is 9.81. The lowest BCUT2D eigenvalue weighted by atomic mass is 9.98. The molecule has 1 aromatic heterocycles. The second-order valence-corrected chi connectivity index (χ2v) is 7.25. The van der Waals surface area contributed by atoms with Crippen molar-refractivity contribution < 1.29 is 19.4 Å². The Bertz CT molecular complexity index is 951. The van der Waals surface area contributed by atoms with E-state index in [2.05, 4.69) is 4.98 Å². The van der Waals surface area contributed by atoms with Gasteiger partial charge in [0.25, 0.3) is 5.91 Å². The maximum Gasteiger partial charge on any atom is 0.262 e. The van der Waals surface area contributed by atoms with Gasteiger partial charge >= 0.3 is 0 Å². The number of primary amides is 1. The van der Waals surface area contributed by atoms with Gasteiger partial charge in [0.1, 0.15) is 18.1 Å². The number of nitrogens with zero attached hydrogens (tertiary/aromatic N) is 3. The monoisotopic (exact) mass is 414 g/mol. The molecule has 1 fully saturated rings. The van der Waals surface area contributed by atoms with Crippen molar-refractivity contribution in [3.8, 4) is 0 Å². The van der Waals surface area contributed by atoms with Crippen molar-refractivity contribution in [2.75, 3.05) is 18.2 Å². The molecule has 2 aliphatic heterocycles. The molecular weight excluding hydrogens is 396 g/mol. The van der Waals surface area contributed by atoms with E-state index in [4.69, 9.17) is 22.1 Å². The summed E-state index contributed by atoms with van der Waals surface area (Å²) in [5.41, 5.74) is 7.23. The number of aromatic nitrogens is 1. The van der Waals surface area contributed by atoms with Crippen molar-refractivity contribution in [1.29, 1.82) is 0 Å². The lowest BCUT2D eigenvalue weighted by molar-refractivity contribution is -0.132. The molecule has 0 aliphatic carbocycles. The van der Waals surface area contributed by atoms with Crippen LogP contribution in [0.1, 0.15) is 5.56 Å². The van der Waals surface area contributed by atoms with E-state index in [0.29, 0.717) is 22.0 Å². The van der Waals surface area contributed by atoms with Crippen molar-refractivity contribution in [2.45, 2.75) is 12.1 Å². The predicted molar refractivity (Wildman–Crippen MR) is 106 cm³/mol. The van der Waals surface area contributed by atoms with Crippen molar-refractivity contribution in [3.63, 3.8) is 0 Å². The minimum atomic E-state index is -1.17. The van der Waals surface area contributed by atoms with Gasteiger partial charge in [-0.1, -0.05) is 23.7 Å². The summed E-state index contributed by atoms with van der Waals surface area (Å²) in [7, 11) is 0. The largest absolute Gasteiger partial charge is 0.388 e. The fourth-order valence-electron chi connectivity index (χ4n) is 3.53. The maximum atomic E-state index is 13.2. The number of carbonyl (C=O) groups is 2. The molecule has 2 aliphatic rings. The van der Waals surface area contributed by atoms with Gasteiger partial charge < -0.3 is 15.6 Å². The standard InChI is InChI=1S/C20H19ClN4O4/c21-13-5-3-12(4-6-13)16-8-15(19(22)27)20(28)24(14-2-1-7-23-9-14)25(16)17-10-29-11-18(17)26/h1-9,15,17-18,26H,10-11H2,(H2,22,27)/t15?,17-,18+/m1/s1. The molecule has 2 aromatic rings. The highest BCUT2D eigenvalue weighted by Gasteiger charge is 2.45. The first-order valence-electron chi connectivity index (χ1n) is 9.03. The molecule has 1 unspecified atom stereocenters. The van der Waals surface area contributed by atoms with Crippen molar-refractivity contribution in [2.24, 2.45) is 11.7 Å². The Kier molecular flexibility index (Phi) is 5.23. The second-order valence-electron chi connectivity index (χ2n) is 6.82. The molecule has 3 heterocycles. The van der Waals surface area contributed by atoms with Crippen LogP contribution < -0.4 is 10.7 Å². The number of amides is 2. The van der Waals surface area contributed by atoms with E-state index >= 15 is 0 Å². The lowest BCUT2D eigenvalue weighted by Crippen LogP contribution is -2.59. The fraction of sp³-hybridized carbons (Fsp3) is 0.250. The normalized spacial score (nSPS) is 24.6. The van der Waals surface area contributed by atoms with Gasteiger partial charge in [-0.25, -0.2) is 5.01 Å². The fourth-order valence-corrected chi connectivity index (χ4v) is 3.65. The number of pyridine rings is 1. The lowest BCUT2D eigenvalue weighted by Gasteiger charge is -2.45. The first kappa shape index (κ1) is 19.4. The summed E-state index contributed by atoms with van der Waals surface area (Å²) in [5.74, 6) is -2.46. The zero-order valence-electron chi connectivity index (χ0n) is 15.3. The molecule has 9 heteroatoms. The molecule has 0 radical (unpaired) electrons. The molecule has 150 valence electrons. The van der Waals surface area contributed by atoms with E-state index in [-0.39, 0.29) is 13.2 Å². The zero-order valence-corrected chi connectivity index (χ0v) is 16.1. The molecule has 0 spiro atoms. The topological polar surface area (TPSA) is 109 Å². The summed E-state index contributed by atoms with van der Waals surface area (Å²) >= 11 is 6.02. The number of ether oxygens (including phenoxy) is 1. The van der Waals surface area contributed by atoms with Crippen molar-refractivity contribution in [1.82, 2.24) is 9.99 Å². The van der Waals surface area contributed by atoms with Gasteiger partial charge in [-0.2, -0.15) is 0 Å². The summed E-state index contributed by atoms with van der Waals surface area (Å²) in [6.45, 7) is 0.348. The second kappa shape index (κ2) is 7.82.